The second kappa shape index (κ2) is 8.37. The quantitative estimate of drug-likeness (QED) is 0.579. The van der Waals surface area contributed by atoms with Gasteiger partial charge in [0.25, 0.3) is 11.6 Å². The Hall–Kier alpha value is -2.64. The highest BCUT2D eigenvalue weighted by Crippen LogP contribution is 2.30. The number of nitro benzene ring substituents is 1. The van der Waals surface area contributed by atoms with Gasteiger partial charge in [0.2, 0.25) is 0 Å². The molecule has 1 heterocycles. The van der Waals surface area contributed by atoms with Crippen molar-refractivity contribution in [3.05, 3.63) is 68.7 Å². The number of rotatable bonds is 5. The van der Waals surface area contributed by atoms with Crippen molar-refractivity contribution in [3.8, 4) is 0 Å². The van der Waals surface area contributed by atoms with Crippen molar-refractivity contribution in [1.82, 2.24) is 4.90 Å². The Morgan fingerprint density at radius 2 is 1.89 bits per heavy atom. The number of carbonyl (C=O) groups is 1. The van der Waals surface area contributed by atoms with Crippen LogP contribution < -0.4 is 4.90 Å². The number of hydrogen-bond acceptors (Lipinski definition) is 5. The van der Waals surface area contributed by atoms with E-state index in [1.54, 1.807) is 31.3 Å². The lowest BCUT2D eigenvalue weighted by Gasteiger charge is -2.28. The topological polar surface area (TPSA) is 75.9 Å². The van der Waals surface area contributed by atoms with Crippen molar-refractivity contribution in [3.63, 3.8) is 0 Å². The first-order valence-electron chi connectivity index (χ1n) is 8.57. The monoisotopic (exact) mass is 389 g/mol. The molecule has 1 aliphatic heterocycles. The molecule has 142 valence electrons. The zero-order valence-electron chi connectivity index (χ0n) is 14.9. The third kappa shape index (κ3) is 4.56. The van der Waals surface area contributed by atoms with E-state index in [0.717, 1.165) is 5.56 Å². The van der Waals surface area contributed by atoms with Crippen molar-refractivity contribution in [2.75, 3.05) is 38.3 Å². The Balaban J connectivity index is 1.80. The molecule has 1 aliphatic rings. The van der Waals surface area contributed by atoms with E-state index in [0.29, 0.717) is 43.6 Å². The molecule has 7 nitrogen and oxygen atoms in total. The molecule has 0 atom stereocenters. The zero-order chi connectivity index (χ0) is 19.4. The number of nitrogens with zero attached hydrogens (tertiary/aromatic N) is 3. The number of benzene rings is 2. The molecule has 0 aromatic heterocycles. The summed E-state index contributed by atoms with van der Waals surface area (Å²) in [6, 6.07) is 11.8. The predicted octanol–water partition coefficient (Wildman–Crippen LogP) is 3.36. The maximum absolute atomic E-state index is 12.7. The van der Waals surface area contributed by atoms with Crippen LogP contribution in [0.25, 0.3) is 0 Å². The van der Waals surface area contributed by atoms with E-state index in [9.17, 15) is 14.9 Å². The molecule has 2 aromatic carbocycles. The molecule has 0 unspecified atom stereocenters. The minimum atomic E-state index is -0.444. The first-order valence-corrected chi connectivity index (χ1v) is 8.94. The fourth-order valence-electron chi connectivity index (χ4n) is 3.03. The Morgan fingerprint density at radius 1 is 1.22 bits per heavy atom. The van der Waals surface area contributed by atoms with E-state index >= 15 is 0 Å². The maximum atomic E-state index is 12.7. The molecular formula is C19H20ClN3O4. The predicted molar refractivity (Wildman–Crippen MR) is 103 cm³/mol. The van der Waals surface area contributed by atoms with Crippen LogP contribution in [0.2, 0.25) is 5.02 Å². The normalized spacial score (nSPS) is 14.1. The first-order chi connectivity index (χ1) is 13.0. The van der Waals surface area contributed by atoms with Gasteiger partial charge in [-0.25, -0.2) is 0 Å². The number of carbonyl (C=O) groups excluding carboxylic acids is 1. The summed E-state index contributed by atoms with van der Waals surface area (Å²) in [4.78, 5) is 27.3. The highest BCUT2D eigenvalue weighted by Gasteiger charge is 2.24. The third-order valence-electron chi connectivity index (χ3n) is 4.45. The second-order valence-electron chi connectivity index (χ2n) is 6.35. The summed E-state index contributed by atoms with van der Waals surface area (Å²) < 4.78 is 5.30. The van der Waals surface area contributed by atoms with Gasteiger partial charge in [0.15, 0.2) is 0 Å². The number of ether oxygens (including phenoxy) is 1. The summed E-state index contributed by atoms with van der Waals surface area (Å²) in [5.41, 5.74) is 1.66. The second-order valence-corrected chi connectivity index (χ2v) is 6.78. The zero-order valence-corrected chi connectivity index (χ0v) is 15.7. The van der Waals surface area contributed by atoms with Gasteiger partial charge in [-0.05, 0) is 29.8 Å². The summed E-state index contributed by atoms with van der Waals surface area (Å²) in [7, 11) is 1.67. The molecule has 0 aliphatic carbocycles. The Kier molecular flexibility index (Phi) is 5.93. The van der Waals surface area contributed by atoms with Crippen LogP contribution >= 0.6 is 11.6 Å². The molecule has 0 N–H and O–H groups in total. The molecule has 0 bridgehead atoms. The number of morpholine rings is 1. The van der Waals surface area contributed by atoms with Crippen molar-refractivity contribution >= 4 is 28.9 Å². The van der Waals surface area contributed by atoms with Crippen LogP contribution in [0.3, 0.4) is 0 Å². The van der Waals surface area contributed by atoms with Gasteiger partial charge in [-0.3, -0.25) is 14.9 Å². The summed E-state index contributed by atoms with van der Waals surface area (Å²) in [5, 5.41) is 12.2. The summed E-state index contributed by atoms with van der Waals surface area (Å²) in [6.07, 6.45) is 0. The Labute approximate surface area is 162 Å². The van der Waals surface area contributed by atoms with Gasteiger partial charge >= 0.3 is 0 Å². The maximum Gasteiger partial charge on any atom is 0.293 e. The fraction of sp³-hybridized carbons (Fsp3) is 0.316. The molecule has 8 heteroatoms. The van der Waals surface area contributed by atoms with E-state index in [4.69, 9.17) is 16.3 Å². The number of amides is 1. The average Bonchev–Trinajstić information content (AvgIpc) is 2.69. The lowest BCUT2D eigenvalue weighted by molar-refractivity contribution is -0.384. The van der Waals surface area contributed by atoms with Crippen molar-refractivity contribution in [1.29, 1.82) is 0 Å². The van der Waals surface area contributed by atoms with Crippen LogP contribution in [0.4, 0.5) is 11.4 Å². The van der Waals surface area contributed by atoms with E-state index < -0.39 is 4.92 Å². The highest BCUT2D eigenvalue weighted by atomic mass is 35.5. The molecule has 3 rings (SSSR count). The van der Waals surface area contributed by atoms with Gasteiger partial charge in [-0.1, -0.05) is 23.7 Å². The molecule has 1 fully saturated rings. The number of halogens is 1. The van der Waals surface area contributed by atoms with Gasteiger partial charge in [0.1, 0.15) is 5.69 Å². The molecule has 1 saturated heterocycles. The lowest BCUT2D eigenvalue weighted by Crippen LogP contribution is -2.36. The fourth-order valence-corrected chi connectivity index (χ4v) is 3.16. The minimum Gasteiger partial charge on any atom is -0.378 e. The van der Waals surface area contributed by atoms with E-state index in [2.05, 4.69) is 0 Å². The highest BCUT2D eigenvalue weighted by molar-refractivity contribution is 6.30. The molecular weight excluding hydrogens is 370 g/mol. The molecule has 27 heavy (non-hydrogen) atoms. The van der Waals surface area contributed by atoms with Crippen LogP contribution in [0.5, 0.6) is 0 Å². The molecule has 0 spiro atoms. The van der Waals surface area contributed by atoms with E-state index in [1.807, 2.05) is 17.0 Å². The Morgan fingerprint density at radius 3 is 2.52 bits per heavy atom. The van der Waals surface area contributed by atoms with Gasteiger partial charge in [-0.15, -0.1) is 0 Å². The number of nitro groups is 1. The van der Waals surface area contributed by atoms with Crippen molar-refractivity contribution in [2.45, 2.75) is 6.54 Å². The Bertz CT molecular complexity index is 835. The third-order valence-corrected chi connectivity index (χ3v) is 4.70. The first kappa shape index (κ1) is 19.1. The van der Waals surface area contributed by atoms with Gasteiger partial charge in [-0.2, -0.15) is 0 Å². The van der Waals surface area contributed by atoms with Crippen LogP contribution in [-0.4, -0.2) is 49.1 Å². The lowest BCUT2D eigenvalue weighted by atomic mass is 10.1. The summed E-state index contributed by atoms with van der Waals surface area (Å²) >= 11 is 5.88. The van der Waals surface area contributed by atoms with Crippen LogP contribution in [0, 0.1) is 10.1 Å². The van der Waals surface area contributed by atoms with Crippen molar-refractivity contribution < 1.29 is 14.5 Å². The SMILES string of the molecule is CN(Cc1ccc(Cl)cc1)C(=O)c1ccc(N2CCOCC2)c([N+](=O)[O-])c1. The molecule has 1 amide bonds. The van der Waals surface area contributed by atoms with E-state index in [1.165, 1.54) is 11.0 Å². The van der Waals surface area contributed by atoms with Crippen molar-refractivity contribution in [2.24, 2.45) is 0 Å². The van der Waals surface area contributed by atoms with Gasteiger partial charge in [0.05, 0.1) is 18.1 Å². The average molecular weight is 390 g/mol. The summed E-state index contributed by atoms with van der Waals surface area (Å²) in [5.74, 6) is -0.276. The number of anilines is 1. The van der Waals surface area contributed by atoms with Gasteiger partial charge in [0, 0.05) is 43.3 Å². The molecule has 0 saturated carbocycles. The smallest absolute Gasteiger partial charge is 0.293 e. The minimum absolute atomic E-state index is 0.0670. The van der Waals surface area contributed by atoms with Crippen LogP contribution in [0.15, 0.2) is 42.5 Å². The molecule has 0 radical (unpaired) electrons. The standard InChI is InChI=1S/C19H20ClN3O4/c1-21(13-14-2-5-16(20)6-3-14)19(24)15-4-7-17(18(12-15)23(25)26)22-8-10-27-11-9-22/h2-7,12H,8-11,13H2,1H3. The summed E-state index contributed by atoms with van der Waals surface area (Å²) in [6.45, 7) is 2.62. The van der Waals surface area contributed by atoms with Gasteiger partial charge < -0.3 is 14.5 Å². The van der Waals surface area contributed by atoms with Crippen LogP contribution in [0.1, 0.15) is 15.9 Å². The van der Waals surface area contributed by atoms with Crippen LogP contribution in [-0.2, 0) is 11.3 Å². The number of hydrogen-bond donors (Lipinski definition) is 0. The largest absolute Gasteiger partial charge is 0.378 e. The molecule has 2 aromatic rings. The van der Waals surface area contributed by atoms with E-state index in [-0.39, 0.29) is 17.2 Å².